The second-order valence-corrected chi connectivity index (χ2v) is 3.04. The van der Waals surface area contributed by atoms with Crippen molar-refractivity contribution in [3.05, 3.63) is 35.9 Å². The molecule has 0 heterocycles. The molecule has 0 aliphatic carbocycles. The summed E-state index contributed by atoms with van der Waals surface area (Å²) in [6.07, 6.45) is 0. The van der Waals surface area contributed by atoms with E-state index < -0.39 is 0 Å². The molecule has 0 fully saturated rings. The minimum Gasteiger partial charge on any atom is -0.482 e. The highest BCUT2D eigenvalue weighted by molar-refractivity contribution is 7.80. The molecular formula is C9H10OS2. The van der Waals surface area contributed by atoms with E-state index in [1.807, 2.05) is 30.3 Å². The molecule has 0 saturated heterocycles. The molecule has 3 heteroatoms. The van der Waals surface area contributed by atoms with Crippen molar-refractivity contribution in [1.82, 2.24) is 0 Å². The lowest BCUT2D eigenvalue weighted by molar-refractivity contribution is 0.342. The third-order valence-corrected chi connectivity index (χ3v) is 1.87. The molecule has 0 atom stereocenters. The number of benzene rings is 1. The van der Waals surface area contributed by atoms with Crippen molar-refractivity contribution in [3.63, 3.8) is 0 Å². The van der Waals surface area contributed by atoms with Crippen LogP contribution in [0.3, 0.4) is 0 Å². The van der Waals surface area contributed by atoms with Crippen molar-refractivity contribution in [2.75, 3.05) is 12.4 Å². The number of thiocarbonyl (C=S) groups is 1. The van der Waals surface area contributed by atoms with E-state index in [9.17, 15) is 0 Å². The van der Waals surface area contributed by atoms with Crippen molar-refractivity contribution in [3.8, 4) is 0 Å². The summed E-state index contributed by atoms with van der Waals surface area (Å²) in [7, 11) is 0. The van der Waals surface area contributed by atoms with Crippen LogP contribution in [0.5, 0.6) is 0 Å². The predicted octanol–water partition coefficient (Wildman–Crippen LogP) is 2.31. The van der Waals surface area contributed by atoms with Crippen LogP contribution in [-0.4, -0.2) is 17.4 Å². The molecule has 0 bridgehead atoms. The average Bonchev–Trinajstić information content (AvgIpc) is 2.15. The highest BCUT2D eigenvalue weighted by Crippen LogP contribution is 2.02. The lowest BCUT2D eigenvalue weighted by atomic mass is 10.2. The van der Waals surface area contributed by atoms with E-state index in [-0.39, 0.29) is 0 Å². The molecule has 0 aromatic heterocycles. The van der Waals surface area contributed by atoms with Crippen LogP contribution in [0, 0.1) is 0 Å². The highest BCUT2D eigenvalue weighted by Gasteiger charge is 1.98. The molecule has 1 rings (SSSR count). The Hall–Kier alpha value is -0.540. The molecule has 64 valence electrons. The third-order valence-electron chi connectivity index (χ3n) is 1.33. The summed E-state index contributed by atoms with van der Waals surface area (Å²) in [5.74, 6) is 0.687. The molecule has 0 unspecified atom stereocenters. The number of hydrogen-bond acceptors (Lipinski definition) is 3. The minimum absolute atomic E-state index is 0.546. The van der Waals surface area contributed by atoms with Gasteiger partial charge in [-0.05, 0) is 12.2 Å². The summed E-state index contributed by atoms with van der Waals surface area (Å²) < 4.78 is 5.23. The molecule has 0 N–H and O–H groups in total. The molecular weight excluding hydrogens is 188 g/mol. The van der Waals surface area contributed by atoms with Gasteiger partial charge in [0.2, 0.25) is 0 Å². The van der Waals surface area contributed by atoms with Crippen LogP contribution in [0.4, 0.5) is 0 Å². The molecule has 1 nitrogen and oxygen atoms in total. The molecule has 1 aromatic rings. The smallest absolute Gasteiger partial charge is 0.191 e. The van der Waals surface area contributed by atoms with E-state index in [0.717, 1.165) is 5.56 Å². The standard InChI is InChI=1S/C9H10OS2/c11-7-6-10-9(12)8-4-2-1-3-5-8/h1-5,11H,6-7H2. The fraction of sp³-hybridized carbons (Fsp3) is 0.222. The monoisotopic (exact) mass is 198 g/mol. The SMILES string of the molecule is S=C(OCCS)c1ccccc1. The Morgan fingerprint density at radius 1 is 1.33 bits per heavy atom. The normalized spacial score (nSPS) is 9.42. The van der Waals surface area contributed by atoms with E-state index in [1.165, 1.54) is 0 Å². The van der Waals surface area contributed by atoms with Crippen LogP contribution < -0.4 is 0 Å². The largest absolute Gasteiger partial charge is 0.482 e. The Bertz CT molecular complexity index is 246. The maximum absolute atomic E-state index is 5.23. The van der Waals surface area contributed by atoms with Gasteiger partial charge in [-0.2, -0.15) is 12.6 Å². The maximum atomic E-state index is 5.23. The Kier molecular flexibility index (Phi) is 4.11. The predicted molar refractivity (Wildman–Crippen MR) is 57.9 cm³/mol. The van der Waals surface area contributed by atoms with E-state index in [4.69, 9.17) is 17.0 Å². The van der Waals surface area contributed by atoms with E-state index >= 15 is 0 Å². The van der Waals surface area contributed by atoms with Crippen LogP contribution in [-0.2, 0) is 4.74 Å². The first-order valence-corrected chi connectivity index (χ1v) is 4.71. The van der Waals surface area contributed by atoms with Gasteiger partial charge in [0.05, 0.1) is 6.61 Å². The summed E-state index contributed by atoms with van der Waals surface area (Å²) in [4.78, 5) is 0. The second-order valence-electron chi connectivity index (χ2n) is 2.23. The summed E-state index contributed by atoms with van der Waals surface area (Å²) in [6, 6.07) is 9.68. The molecule has 0 spiro atoms. The quantitative estimate of drug-likeness (QED) is 0.589. The van der Waals surface area contributed by atoms with E-state index in [0.29, 0.717) is 17.4 Å². The summed E-state index contributed by atoms with van der Waals surface area (Å²) in [5, 5.41) is 0.546. The fourth-order valence-corrected chi connectivity index (χ4v) is 1.11. The molecule has 0 aliphatic heterocycles. The zero-order valence-electron chi connectivity index (χ0n) is 6.56. The molecule has 0 saturated carbocycles. The van der Waals surface area contributed by atoms with Gasteiger partial charge in [-0.15, -0.1) is 0 Å². The lowest BCUT2D eigenvalue weighted by Crippen LogP contribution is -2.05. The Morgan fingerprint density at radius 2 is 2.00 bits per heavy atom. The lowest BCUT2D eigenvalue weighted by Gasteiger charge is -2.04. The first kappa shape index (κ1) is 9.55. The van der Waals surface area contributed by atoms with Crippen LogP contribution >= 0.6 is 24.8 Å². The Morgan fingerprint density at radius 3 is 2.58 bits per heavy atom. The zero-order valence-corrected chi connectivity index (χ0v) is 8.28. The van der Waals surface area contributed by atoms with Crippen molar-refractivity contribution in [2.24, 2.45) is 0 Å². The fourth-order valence-electron chi connectivity index (χ4n) is 0.796. The topological polar surface area (TPSA) is 9.23 Å². The molecule has 0 amide bonds. The first-order chi connectivity index (χ1) is 5.84. The van der Waals surface area contributed by atoms with Crippen LogP contribution in [0.1, 0.15) is 5.56 Å². The van der Waals surface area contributed by atoms with E-state index in [2.05, 4.69) is 12.6 Å². The molecule has 0 radical (unpaired) electrons. The third kappa shape index (κ3) is 2.83. The zero-order chi connectivity index (χ0) is 8.81. The molecule has 1 aromatic carbocycles. The van der Waals surface area contributed by atoms with Crippen molar-refractivity contribution >= 4 is 29.9 Å². The van der Waals surface area contributed by atoms with Gasteiger partial charge in [-0.1, -0.05) is 30.3 Å². The first-order valence-electron chi connectivity index (χ1n) is 3.67. The molecule has 0 aliphatic rings. The van der Waals surface area contributed by atoms with Gasteiger partial charge in [0, 0.05) is 11.3 Å². The van der Waals surface area contributed by atoms with Gasteiger partial charge in [0.15, 0.2) is 5.05 Å². The minimum atomic E-state index is 0.546. The van der Waals surface area contributed by atoms with Crippen molar-refractivity contribution in [1.29, 1.82) is 0 Å². The van der Waals surface area contributed by atoms with Gasteiger partial charge < -0.3 is 4.74 Å². The summed E-state index contributed by atoms with van der Waals surface area (Å²) in [5.41, 5.74) is 0.953. The summed E-state index contributed by atoms with van der Waals surface area (Å²) >= 11 is 9.05. The van der Waals surface area contributed by atoms with Crippen molar-refractivity contribution < 1.29 is 4.74 Å². The Labute approximate surface area is 83.2 Å². The van der Waals surface area contributed by atoms with Crippen LogP contribution in [0.15, 0.2) is 30.3 Å². The highest BCUT2D eigenvalue weighted by atomic mass is 32.1. The number of hydrogen-bond donors (Lipinski definition) is 1. The maximum Gasteiger partial charge on any atom is 0.191 e. The second kappa shape index (κ2) is 5.17. The van der Waals surface area contributed by atoms with Gasteiger partial charge in [-0.25, -0.2) is 0 Å². The summed E-state index contributed by atoms with van der Waals surface area (Å²) in [6.45, 7) is 0.566. The van der Waals surface area contributed by atoms with E-state index in [1.54, 1.807) is 0 Å². The van der Waals surface area contributed by atoms with Crippen LogP contribution in [0.2, 0.25) is 0 Å². The van der Waals surface area contributed by atoms with Gasteiger partial charge in [0.25, 0.3) is 0 Å². The number of rotatable bonds is 3. The average molecular weight is 198 g/mol. The van der Waals surface area contributed by atoms with Gasteiger partial charge in [-0.3, -0.25) is 0 Å². The number of ether oxygens (including phenoxy) is 1. The van der Waals surface area contributed by atoms with Gasteiger partial charge in [0.1, 0.15) is 0 Å². The van der Waals surface area contributed by atoms with Crippen LogP contribution in [0.25, 0.3) is 0 Å². The number of thiol groups is 1. The van der Waals surface area contributed by atoms with Gasteiger partial charge >= 0.3 is 0 Å². The van der Waals surface area contributed by atoms with Crippen molar-refractivity contribution in [2.45, 2.75) is 0 Å². The Balaban J connectivity index is 2.54. The molecule has 12 heavy (non-hydrogen) atoms.